The number of methoxy groups -OCH3 is 1. The van der Waals surface area contributed by atoms with Crippen LogP contribution in [0.25, 0.3) is 0 Å². The lowest BCUT2D eigenvalue weighted by atomic mass is 10.1. The summed E-state index contributed by atoms with van der Waals surface area (Å²) in [6, 6.07) is 1.38. The van der Waals surface area contributed by atoms with Gasteiger partial charge in [0.25, 0.3) is 5.91 Å². The quantitative estimate of drug-likeness (QED) is 0.909. The van der Waals surface area contributed by atoms with Crippen molar-refractivity contribution in [1.29, 1.82) is 0 Å². The molecule has 0 radical (unpaired) electrons. The number of hydrogen-bond acceptors (Lipinski definition) is 5. The van der Waals surface area contributed by atoms with Crippen LogP contribution >= 0.6 is 11.3 Å². The minimum Gasteiger partial charge on any atom is -0.495 e. The third-order valence-corrected chi connectivity index (χ3v) is 4.15. The molecule has 0 aromatic carbocycles. The first-order valence-corrected chi connectivity index (χ1v) is 7.09. The summed E-state index contributed by atoms with van der Waals surface area (Å²) >= 11 is 1.36. The maximum absolute atomic E-state index is 12.6. The topological polar surface area (TPSA) is 76.1 Å². The lowest BCUT2D eigenvalue weighted by molar-refractivity contribution is -0.139. The fourth-order valence-corrected chi connectivity index (χ4v) is 3.15. The van der Waals surface area contributed by atoms with E-state index >= 15 is 0 Å². The van der Waals surface area contributed by atoms with E-state index in [2.05, 4.69) is 0 Å². The lowest BCUT2D eigenvalue weighted by Gasteiger charge is -2.34. The molecule has 1 aliphatic heterocycles. The van der Waals surface area contributed by atoms with E-state index in [4.69, 9.17) is 14.6 Å². The number of amides is 1. The molecule has 2 heterocycles. The summed E-state index contributed by atoms with van der Waals surface area (Å²) in [6.45, 7) is 2.98. The van der Waals surface area contributed by atoms with Crippen LogP contribution in [0.3, 0.4) is 0 Å². The van der Waals surface area contributed by atoms with Gasteiger partial charge in [0.2, 0.25) is 0 Å². The molecular formula is C13H17NO5S. The second-order valence-electron chi connectivity index (χ2n) is 4.58. The number of hydrogen-bond donors (Lipinski definition) is 1. The van der Waals surface area contributed by atoms with Crippen LogP contribution in [0, 0.1) is 6.92 Å². The number of aliphatic carboxylic acids is 1. The second-order valence-corrected chi connectivity index (χ2v) is 5.84. The molecule has 1 saturated heterocycles. The second kappa shape index (κ2) is 6.23. The average Bonchev–Trinajstić information content (AvgIpc) is 2.79. The number of carboxylic acid groups (broad SMARTS) is 1. The Morgan fingerprint density at radius 1 is 1.60 bits per heavy atom. The SMILES string of the molecule is COc1cc(C)sc1C(=O)N1CCOCC1CC(=O)O. The van der Waals surface area contributed by atoms with Crippen molar-refractivity contribution in [2.75, 3.05) is 26.9 Å². The predicted octanol–water partition coefficient (Wildman–Crippen LogP) is 1.38. The van der Waals surface area contributed by atoms with Gasteiger partial charge >= 0.3 is 5.97 Å². The van der Waals surface area contributed by atoms with Crippen molar-refractivity contribution in [1.82, 2.24) is 4.90 Å². The molecule has 1 fully saturated rings. The highest BCUT2D eigenvalue weighted by Gasteiger charge is 2.32. The van der Waals surface area contributed by atoms with E-state index in [-0.39, 0.29) is 18.9 Å². The number of carboxylic acids is 1. The first-order chi connectivity index (χ1) is 9.52. The van der Waals surface area contributed by atoms with Gasteiger partial charge in [-0.1, -0.05) is 0 Å². The summed E-state index contributed by atoms with van der Waals surface area (Å²) in [5.74, 6) is -0.583. The third-order valence-electron chi connectivity index (χ3n) is 3.13. The monoisotopic (exact) mass is 299 g/mol. The molecule has 1 aromatic rings. The molecular weight excluding hydrogens is 282 g/mol. The van der Waals surface area contributed by atoms with Gasteiger partial charge in [0.05, 0.1) is 32.8 Å². The van der Waals surface area contributed by atoms with E-state index in [0.29, 0.717) is 23.8 Å². The molecule has 1 aromatic heterocycles. The first kappa shape index (κ1) is 14.8. The Bertz CT molecular complexity index is 513. The highest BCUT2D eigenvalue weighted by Crippen LogP contribution is 2.31. The number of ether oxygens (including phenoxy) is 2. The normalized spacial score (nSPS) is 18.9. The molecule has 110 valence electrons. The molecule has 2 rings (SSSR count). The highest BCUT2D eigenvalue weighted by atomic mass is 32.1. The number of aryl methyl sites for hydroxylation is 1. The molecule has 1 aliphatic rings. The number of nitrogens with zero attached hydrogens (tertiary/aromatic N) is 1. The maximum atomic E-state index is 12.6. The summed E-state index contributed by atoms with van der Waals surface area (Å²) in [7, 11) is 1.52. The van der Waals surface area contributed by atoms with Crippen molar-refractivity contribution in [2.45, 2.75) is 19.4 Å². The number of thiophene rings is 1. The van der Waals surface area contributed by atoms with Crippen molar-refractivity contribution in [3.63, 3.8) is 0 Å². The van der Waals surface area contributed by atoms with Crippen molar-refractivity contribution in [2.24, 2.45) is 0 Å². The number of carbonyl (C=O) groups excluding carboxylic acids is 1. The van der Waals surface area contributed by atoms with Crippen LogP contribution in [0.2, 0.25) is 0 Å². The lowest BCUT2D eigenvalue weighted by Crippen LogP contribution is -2.49. The standard InChI is InChI=1S/C13H17NO5S/c1-8-5-10(18-2)12(20-8)13(17)14-3-4-19-7-9(14)6-11(15)16/h5,9H,3-4,6-7H2,1-2H3,(H,15,16). The van der Waals surface area contributed by atoms with Crippen LogP contribution in [0.4, 0.5) is 0 Å². The van der Waals surface area contributed by atoms with E-state index in [1.165, 1.54) is 18.4 Å². The molecule has 1 unspecified atom stereocenters. The van der Waals surface area contributed by atoms with Crippen LogP contribution in [0.5, 0.6) is 5.75 Å². The molecule has 1 atom stereocenters. The van der Waals surface area contributed by atoms with Crippen LogP contribution in [-0.2, 0) is 9.53 Å². The molecule has 7 heteroatoms. The molecule has 0 bridgehead atoms. The Balaban J connectivity index is 2.22. The van der Waals surface area contributed by atoms with Gasteiger partial charge in [0.15, 0.2) is 0 Å². The zero-order valence-electron chi connectivity index (χ0n) is 11.4. The molecule has 0 aliphatic carbocycles. The van der Waals surface area contributed by atoms with Crippen molar-refractivity contribution >= 4 is 23.2 Å². The molecule has 20 heavy (non-hydrogen) atoms. The average molecular weight is 299 g/mol. The molecule has 6 nitrogen and oxygen atoms in total. The summed E-state index contributed by atoms with van der Waals surface area (Å²) in [6.07, 6.45) is -0.113. The van der Waals surface area contributed by atoms with Gasteiger partial charge in [-0.2, -0.15) is 0 Å². The summed E-state index contributed by atoms with van der Waals surface area (Å²) in [4.78, 5) is 26.5. The van der Waals surface area contributed by atoms with E-state index in [1.807, 2.05) is 13.0 Å². The van der Waals surface area contributed by atoms with Crippen molar-refractivity contribution in [3.05, 3.63) is 15.8 Å². The third kappa shape index (κ3) is 3.10. The van der Waals surface area contributed by atoms with Gasteiger partial charge in [-0.15, -0.1) is 11.3 Å². The minimum absolute atomic E-state index is 0.113. The molecule has 1 amide bonds. The Kier molecular flexibility index (Phi) is 4.61. The largest absolute Gasteiger partial charge is 0.495 e. The Morgan fingerprint density at radius 3 is 3.00 bits per heavy atom. The van der Waals surface area contributed by atoms with Crippen molar-refractivity contribution in [3.8, 4) is 5.75 Å². The van der Waals surface area contributed by atoms with E-state index in [1.54, 1.807) is 4.90 Å². The minimum atomic E-state index is -0.937. The zero-order valence-corrected chi connectivity index (χ0v) is 12.2. The Labute approximate surface area is 120 Å². The molecule has 1 N–H and O–H groups in total. The van der Waals surface area contributed by atoms with Crippen LogP contribution < -0.4 is 4.74 Å². The summed E-state index contributed by atoms with van der Waals surface area (Å²) < 4.78 is 10.5. The van der Waals surface area contributed by atoms with Crippen LogP contribution in [0.1, 0.15) is 21.0 Å². The van der Waals surface area contributed by atoms with Crippen LogP contribution in [0.15, 0.2) is 6.07 Å². The highest BCUT2D eigenvalue weighted by molar-refractivity contribution is 7.14. The Morgan fingerprint density at radius 2 is 2.35 bits per heavy atom. The van der Waals surface area contributed by atoms with E-state index in [0.717, 1.165) is 4.88 Å². The Hall–Kier alpha value is -1.60. The zero-order chi connectivity index (χ0) is 14.7. The number of rotatable bonds is 4. The van der Waals surface area contributed by atoms with Gasteiger partial charge in [-0.3, -0.25) is 9.59 Å². The van der Waals surface area contributed by atoms with E-state index < -0.39 is 12.0 Å². The number of morpholine rings is 1. The van der Waals surface area contributed by atoms with Gasteiger partial charge in [-0.25, -0.2) is 0 Å². The van der Waals surface area contributed by atoms with Gasteiger partial charge in [0, 0.05) is 11.4 Å². The fourth-order valence-electron chi connectivity index (χ4n) is 2.21. The maximum Gasteiger partial charge on any atom is 0.305 e. The van der Waals surface area contributed by atoms with Crippen LogP contribution in [-0.4, -0.2) is 54.8 Å². The molecule has 0 spiro atoms. The summed E-state index contributed by atoms with van der Waals surface area (Å²) in [5, 5.41) is 8.93. The van der Waals surface area contributed by atoms with Gasteiger partial charge in [0.1, 0.15) is 10.6 Å². The fraction of sp³-hybridized carbons (Fsp3) is 0.538. The van der Waals surface area contributed by atoms with E-state index in [9.17, 15) is 9.59 Å². The molecule has 0 saturated carbocycles. The smallest absolute Gasteiger partial charge is 0.305 e. The van der Waals surface area contributed by atoms with Crippen molar-refractivity contribution < 1.29 is 24.2 Å². The number of carbonyl (C=O) groups is 2. The predicted molar refractivity (Wildman–Crippen MR) is 73.5 cm³/mol. The van der Waals surface area contributed by atoms with Gasteiger partial charge < -0.3 is 19.5 Å². The van der Waals surface area contributed by atoms with Gasteiger partial charge in [-0.05, 0) is 13.0 Å². The summed E-state index contributed by atoms with van der Waals surface area (Å²) in [5.41, 5.74) is 0. The first-order valence-electron chi connectivity index (χ1n) is 6.28.